The minimum Gasteiger partial charge on any atom is -0.497 e. The van der Waals surface area contributed by atoms with Gasteiger partial charge in [-0.15, -0.1) is 0 Å². The van der Waals surface area contributed by atoms with Crippen molar-refractivity contribution in [3.8, 4) is 23.0 Å². The third kappa shape index (κ3) is 6.37. The number of carbonyl (C=O) groups excluding carboxylic acids is 1. The number of halogens is 1. The van der Waals surface area contributed by atoms with Gasteiger partial charge in [0.05, 0.1) is 25.9 Å². The fourth-order valence-corrected chi connectivity index (χ4v) is 4.66. The van der Waals surface area contributed by atoms with Crippen LogP contribution in [0.4, 0.5) is 5.69 Å². The van der Waals surface area contributed by atoms with Gasteiger partial charge in [0, 0.05) is 28.2 Å². The molecule has 2 heterocycles. The molecule has 0 radical (unpaired) electrons. The molecule has 3 aromatic carbocycles. The number of benzene rings is 3. The first-order valence-electron chi connectivity index (χ1n) is 12.4. The highest BCUT2D eigenvalue weighted by Crippen LogP contribution is 2.36. The molecule has 7 nitrogen and oxygen atoms in total. The zero-order valence-corrected chi connectivity index (χ0v) is 21.5. The average molecular weight is 520 g/mol. The van der Waals surface area contributed by atoms with E-state index in [0.717, 1.165) is 48.2 Å². The number of H-pyrrole nitrogens is 1. The predicted octanol–water partition coefficient (Wildman–Crippen LogP) is 6.63. The van der Waals surface area contributed by atoms with Gasteiger partial charge in [0.25, 0.3) is 0 Å². The fourth-order valence-electron chi connectivity index (χ4n) is 4.49. The number of nitrogens with zero attached hydrogens (tertiary/aromatic N) is 1. The molecule has 4 aromatic rings. The maximum atomic E-state index is 13.2. The fraction of sp³-hybridized carbons (Fsp3) is 0.276. The summed E-state index contributed by atoms with van der Waals surface area (Å²) in [6.07, 6.45) is 2.85. The van der Waals surface area contributed by atoms with Crippen molar-refractivity contribution in [1.82, 2.24) is 9.88 Å². The number of rotatable bonds is 3. The van der Waals surface area contributed by atoms with Crippen LogP contribution in [0.2, 0.25) is 5.02 Å². The van der Waals surface area contributed by atoms with E-state index in [1.54, 1.807) is 25.3 Å². The van der Waals surface area contributed by atoms with Gasteiger partial charge in [-0.25, -0.2) is 0 Å². The Morgan fingerprint density at radius 3 is 2.70 bits per heavy atom. The van der Waals surface area contributed by atoms with Crippen LogP contribution in [0.15, 0.2) is 66.7 Å². The normalized spacial score (nSPS) is 15.4. The van der Waals surface area contributed by atoms with Crippen LogP contribution in [-0.4, -0.2) is 42.6 Å². The second-order valence-electron chi connectivity index (χ2n) is 9.10. The Labute approximate surface area is 221 Å². The summed E-state index contributed by atoms with van der Waals surface area (Å²) in [6, 6.07) is 20.8. The number of para-hydroxylation sites is 2. The molecule has 1 amide bonds. The lowest BCUT2D eigenvalue weighted by atomic mass is 10.2. The van der Waals surface area contributed by atoms with Gasteiger partial charge in [-0.2, -0.15) is 0 Å². The number of hydrogen-bond acceptors (Lipinski definition) is 5. The van der Waals surface area contributed by atoms with Crippen molar-refractivity contribution in [1.29, 1.82) is 0 Å². The van der Waals surface area contributed by atoms with Crippen LogP contribution in [-0.2, 0) is 11.3 Å². The Bertz CT molecular complexity index is 1390. The second-order valence-corrected chi connectivity index (χ2v) is 9.54. The molecule has 0 saturated heterocycles. The number of amides is 1. The number of nitrogens with one attached hydrogen (secondary N) is 2. The standard InChI is InChI=1S/C29H30ClN3O4/c1-35-23-10-11-24-20(16-23)15-22(31-24)18-33-13-5-2-6-14-36-27-7-3-4-8-28(27)37-26-12-9-21(30)17-25(26)32-29(34)19-33/h3-4,7-12,15-17,31H,2,5-6,13-14,18-19H2,1H3,(H,32,34). The Balaban J connectivity index is 1.38. The topological polar surface area (TPSA) is 75.8 Å². The first-order chi connectivity index (χ1) is 18.1. The van der Waals surface area contributed by atoms with Crippen molar-refractivity contribution >= 4 is 34.1 Å². The molecular formula is C29H30ClN3O4. The van der Waals surface area contributed by atoms with Gasteiger partial charge in [-0.1, -0.05) is 23.7 Å². The van der Waals surface area contributed by atoms with Crippen molar-refractivity contribution in [2.24, 2.45) is 0 Å². The lowest BCUT2D eigenvalue weighted by Crippen LogP contribution is -2.34. The van der Waals surface area contributed by atoms with E-state index in [0.29, 0.717) is 41.1 Å². The number of anilines is 1. The van der Waals surface area contributed by atoms with Crippen LogP contribution < -0.4 is 19.5 Å². The van der Waals surface area contributed by atoms with Gasteiger partial charge >= 0.3 is 0 Å². The van der Waals surface area contributed by atoms with E-state index in [-0.39, 0.29) is 12.5 Å². The first kappa shape index (κ1) is 25.0. The minimum atomic E-state index is -0.135. The second kappa shape index (κ2) is 11.6. The summed E-state index contributed by atoms with van der Waals surface area (Å²) in [5.74, 6) is 2.44. The summed E-state index contributed by atoms with van der Waals surface area (Å²) in [6.45, 7) is 2.22. The molecule has 1 aliphatic heterocycles. The summed E-state index contributed by atoms with van der Waals surface area (Å²) < 4.78 is 17.6. The molecular weight excluding hydrogens is 490 g/mol. The molecule has 0 aliphatic carbocycles. The molecule has 0 unspecified atom stereocenters. The summed E-state index contributed by atoms with van der Waals surface area (Å²) in [5.41, 5.74) is 2.59. The van der Waals surface area contributed by atoms with Crippen LogP contribution >= 0.6 is 11.6 Å². The van der Waals surface area contributed by atoms with Crippen molar-refractivity contribution < 1.29 is 19.0 Å². The highest BCUT2D eigenvalue weighted by molar-refractivity contribution is 6.31. The van der Waals surface area contributed by atoms with Gasteiger partial charge in [-0.3, -0.25) is 9.69 Å². The smallest absolute Gasteiger partial charge is 0.238 e. The SMILES string of the molecule is COc1ccc2[nH]c(CN3CCCCCOc4ccccc4Oc4ccc(Cl)cc4NC(=O)C3)cc2c1. The quantitative estimate of drug-likeness (QED) is 0.318. The van der Waals surface area contributed by atoms with Gasteiger partial charge < -0.3 is 24.5 Å². The Kier molecular flexibility index (Phi) is 7.82. The Morgan fingerprint density at radius 1 is 0.973 bits per heavy atom. The van der Waals surface area contributed by atoms with E-state index in [9.17, 15) is 4.79 Å². The Morgan fingerprint density at radius 2 is 1.84 bits per heavy atom. The third-order valence-corrected chi connectivity index (χ3v) is 6.54. The van der Waals surface area contributed by atoms with Crippen molar-refractivity contribution in [2.75, 3.05) is 32.1 Å². The van der Waals surface area contributed by atoms with Crippen LogP contribution in [0.25, 0.3) is 10.9 Å². The lowest BCUT2D eigenvalue weighted by Gasteiger charge is -2.21. The zero-order valence-electron chi connectivity index (χ0n) is 20.8. The summed E-state index contributed by atoms with van der Waals surface area (Å²) in [4.78, 5) is 18.8. The summed E-state index contributed by atoms with van der Waals surface area (Å²) in [5, 5.41) is 4.59. The van der Waals surface area contributed by atoms with E-state index in [1.165, 1.54) is 0 Å². The largest absolute Gasteiger partial charge is 0.497 e. The average Bonchev–Trinajstić information content (AvgIpc) is 3.29. The third-order valence-electron chi connectivity index (χ3n) is 6.31. The molecule has 1 aliphatic rings. The van der Waals surface area contributed by atoms with Gasteiger partial charge in [0.1, 0.15) is 5.75 Å². The van der Waals surface area contributed by atoms with Crippen molar-refractivity contribution in [2.45, 2.75) is 25.8 Å². The van der Waals surface area contributed by atoms with Crippen LogP contribution in [0.3, 0.4) is 0 Å². The van der Waals surface area contributed by atoms with Crippen molar-refractivity contribution in [3.05, 3.63) is 77.4 Å². The number of ether oxygens (including phenoxy) is 3. The summed E-state index contributed by atoms with van der Waals surface area (Å²) in [7, 11) is 1.66. The molecule has 0 fully saturated rings. The molecule has 0 atom stereocenters. The van der Waals surface area contributed by atoms with E-state index >= 15 is 0 Å². The van der Waals surface area contributed by atoms with E-state index in [1.807, 2.05) is 42.5 Å². The van der Waals surface area contributed by atoms with E-state index in [2.05, 4.69) is 21.3 Å². The lowest BCUT2D eigenvalue weighted by molar-refractivity contribution is -0.117. The number of aromatic nitrogens is 1. The molecule has 5 rings (SSSR count). The highest BCUT2D eigenvalue weighted by Gasteiger charge is 2.17. The number of hydrogen-bond donors (Lipinski definition) is 2. The van der Waals surface area contributed by atoms with Crippen molar-refractivity contribution in [3.63, 3.8) is 0 Å². The maximum absolute atomic E-state index is 13.2. The molecule has 192 valence electrons. The molecule has 37 heavy (non-hydrogen) atoms. The van der Waals surface area contributed by atoms with Crippen LogP contribution in [0.5, 0.6) is 23.0 Å². The van der Waals surface area contributed by atoms with Crippen LogP contribution in [0.1, 0.15) is 25.0 Å². The number of fused-ring (bicyclic) bond motifs is 3. The minimum absolute atomic E-state index is 0.135. The number of carbonyl (C=O) groups is 1. The van der Waals surface area contributed by atoms with Gasteiger partial charge in [0.15, 0.2) is 17.2 Å². The number of methoxy groups -OCH3 is 1. The van der Waals surface area contributed by atoms with E-state index < -0.39 is 0 Å². The molecule has 0 spiro atoms. The first-order valence-corrected chi connectivity index (χ1v) is 12.8. The molecule has 8 heteroatoms. The molecule has 2 N–H and O–H groups in total. The monoisotopic (exact) mass is 519 g/mol. The maximum Gasteiger partial charge on any atom is 0.238 e. The molecule has 0 saturated carbocycles. The zero-order chi connectivity index (χ0) is 25.6. The molecule has 1 aromatic heterocycles. The van der Waals surface area contributed by atoms with E-state index in [4.69, 9.17) is 25.8 Å². The molecule has 0 bridgehead atoms. The predicted molar refractivity (Wildman–Crippen MR) is 146 cm³/mol. The Hall–Kier alpha value is -3.68. The summed E-state index contributed by atoms with van der Waals surface area (Å²) >= 11 is 6.26. The van der Waals surface area contributed by atoms with Gasteiger partial charge in [-0.05, 0) is 80.4 Å². The number of aromatic amines is 1. The van der Waals surface area contributed by atoms with Gasteiger partial charge in [0.2, 0.25) is 5.91 Å². The van der Waals surface area contributed by atoms with Crippen LogP contribution in [0, 0.1) is 0 Å². The highest BCUT2D eigenvalue weighted by atomic mass is 35.5.